The Morgan fingerprint density at radius 3 is 2.50 bits per heavy atom. The molecule has 41 valence electrons. The van der Waals surface area contributed by atoms with Crippen LogP contribution in [-0.2, 0) is 0 Å². The minimum Gasteiger partial charge on any atom is -0.207 e. The normalized spacial score (nSPS) is 9.25. The Bertz CT molecular complexity index is 166. The molecular weight excluding hydrogens is 110 g/mol. The van der Waals surface area contributed by atoms with Crippen LogP contribution in [0.15, 0.2) is 18.2 Å². The van der Waals surface area contributed by atoms with Gasteiger partial charge < -0.3 is 0 Å². The molecule has 0 saturated carbocycles. The van der Waals surface area contributed by atoms with E-state index in [1.54, 1.807) is 0 Å². The van der Waals surface area contributed by atoms with Crippen LogP contribution in [0.3, 0.4) is 0 Å². The number of halogens is 2. The second-order valence-electron chi connectivity index (χ2n) is 1.35. The lowest BCUT2D eigenvalue weighted by Crippen LogP contribution is -1.74. The van der Waals surface area contributed by atoms with E-state index in [4.69, 9.17) is 0 Å². The molecule has 0 aliphatic rings. The smallest absolute Gasteiger partial charge is 0.134 e. The van der Waals surface area contributed by atoms with E-state index in [0.717, 1.165) is 12.1 Å². The average Bonchev–Trinajstić information content (AvgIpc) is 1.64. The molecule has 1 rings (SSSR count). The number of hydrogen-bond acceptors (Lipinski definition) is 0. The Morgan fingerprint density at radius 2 is 2.12 bits per heavy atom. The summed E-state index contributed by atoms with van der Waals surface area (Å²) in [6.45, 7) is 0. The molecule has 0 aromatic heterocycles. The van der Waals surface area contributed by atoms with Gasteiger partial charge in [-0.1, -0.05) is 0 Å². The molecule has 0 N–H and O–H groups in total. The van der Waals surface area contributed by atoms with Gasteiger partial charge in [-0.05, 0) is 12.1 Å². The van der Waals surface area contributed by atoms with E-state index >= 15 is 0 Å². The van der Waals surface area contributed by atoms with Crippen molar-refractivity contribution in [3.63, 3.8) is 0 Å². The quantitative estimate of drug-likeness (QED) is 0.481. The van der Waals surface area contributed by atoms with Gasteiger partial charge in [0.1, 0.15) is 11.6 Å². The lowest BCUT2D eigenvalue weighted by molar-refractivity contribution is 0.582. The summed E-state index contributed by atoms with van der Waals surface area (Å²) in [7, 11) is 0. The molecule has 0 fully saturated rings. The summed E-state index contributed by atoms with van der Waals surface area (Å²) in [5.74, 6) is -1.23. The second-order valence-corrected chi connectivity index (χ2v) is 1.35. The number of hydrogen-bond donors (Lipinski definition) is 0. The summed E-state index contributed by atoms with van der Waals surface area (Å²) < 4.78 is 23.8. The maximum absolute atomic E-state index is 11.9. The van der Waals surface area contributed by atoms with E-state index in [2.05, 4.69) is 6.07 Å². The number of benzene rings is 1. The van der Waals surface area contributed by atoms with Crippen LogP contribution in [0.2, 0.25) is 0 Å². The van der Waals surface area contributed by atoms with Gasteiger partial charge in [-0.15, -0.1) is 0 Å². The van der Waals surface area contributed by atoms with Gasteiger partial charge >= 0.3 is 0 Å². The molecule has 0 nitrogen and oxygen atoms in total. The Morgan fingerprint density at radius 1 is 1.38 bits per heavy atom. The highest BCUT2D eigenvalue weighted by Crippen LogP contribution is 1.98. The zero-order valence-electron chi connectivity index (χ0n) is 3.99. The third-order valence-corrected chi connectivity index (χ3v) is 0.728. The van der Waals surface area contributed by atoms with Crippen molar-refractivity contribution in [2.24, 2.45) is 0 Å². The van der Waals surface area contributed by atoms with Gasteiger partial charge in [0.05, 0.1) is 0 Å². The third-order valence-electron chi connectivity index (χ3n) is 0.728. The molecular formula is C6H3F2. The van der Waals surface area contributed by atoms with Crippen molar-refractivity contribution < 1.29 is 8.78 Å². The zero-order valence-corrected chi connectivity index (χ0v) is 3.99. The minimum absolute atomic E-state index is 0.568. The predicted molar refractivity (Wildman–Crippen MR) is 25.2 cm³/mol. The zero-order chi connectivity index (χ0) is 5.98. The van der Waals surface area contributed by atoms with Crippen LogP contribution in [0, 0.1) is 17.7 Å². The van der Waals surface area contributed by atoms with Gasteiger partial charge in [0.15, 0.2) is 0 Å². The van der Waals surface area contributed by atoms with Gasteiger partial charge in [-0.2, -0.15) is 0 Å². The van der Waals surface area contributed by atoms with Crippen LogP contribution >= 0.6 is 0 Å². The molecule has 0 aliphatic heterocycles. The topological polar surface area (TPSA) is 0 Å². The third kappa shape index (κ3) is 1.03. The molecule has 0 aliphatic carbocycles. The first kappa shape index (κ1) is 5.22. The molecule has 1 aromatic carbocycles. The van der Waals surface area contributed by atoms with Crippen LogP contribution in [0.25, 0.3) is 0 Å². The first-order chi connectivity index (χ1) is 3.79. The monoisotopic (exact) mass is 113 g/mol. The number of rotatable bonds is 0. The summed E-state index contributed by atoms with van der Waals surface area (Å²) >= 11 is 0. The summed E-state index contributed by atoms with van der Waals surface area (Å²) in [6.07, 6.45) is 0. The van der Waals surface area contributed by atoms with Crippen molar-refractivity contribution in [2.75, 3.05) is 0 Å². The van der Waals surface area contributed by atoms with Crippen LogP contribution in [0.1, 0.15) is 0 Å². The molecule has 0 atom stereocenters. The maximum atomic E-state index is 11.9. The molecule has 0 amide bonds. The van der Waals surface area contributed by atoms with Crippen molar-refractivity contribution in [3.05, 3.63) is 35.9 Å². The Labute approximate surface area is 45.8 Å². The van der Waals surface area contributed by atoms with Gasteiger partial charge in [-0.3, -0.25) is 0 Å². The van der Waals surface area contributed by atoms with Crippen molar-refractivity contribution >= 4 is 0 Å². The fraction of sp³-hybridized carbons (Fsp3) is 0. The van der Waals surface area contributed by atoms with Crippen LogP contribution in [0.5, 0.6) is 0 Å². The Hall–Kier alpha value is -0.920. The molecule has 1 aromatic rings. The van der Waals surface area contributed by atoms with Crippen molar-refractivity contribution in [2.45, 2.75) is 0 Å². The molecule has 8 heavy (non-hydrogen) atoms. The van der Waals surface area contributed by atoms with Crippen molar-refractivity contribution in [3.8, 4) is 0 Å². The van der Waals surface area contributed by atoms with E-state index in [1.165, 1.54) is 6.07 Å². The van der Waals surface area contributed by atoms with E-state index in [1.807, 2.05) is 0 Å². The average molecular weight is 113 g/mol. The SMILES string of the molecule is Fc1[c]ccc(F)c1. The predicted octanol–water partition coefficient (Wildman–Crippen LogP) is 1.76. The van der Waals surface area contributed by atoms with Crippen LogP contribution in [0.4, 0.5) is 8.78 Å². The van der Waals surface area contributed by atoms with E-state index in [9.17, 15) is 8.78 Å². The minimum atomic E-state index is -0.662. The standard InChI is InChI=1S/C6H3F2/c7-5-2-1-3-6(8)4-5/h1-2,4H. The van der Waals surface area contributed by atoms with E-state index < -0.39 is 11.6 Å². The van der Waals surface area contributed by atoms with E-state index in [0.29, 0.717) is 0 Å². The van der Waals surface area contributed by atoms with Gasteiger partial charge in [0, 0.05) is 12.1 Å². The molecule has 1 radical (unpaired) electrons. The lowest BCUT2D eigenvalue weighted by Gasteiger charge is -1.83. The van der Waals surface area contributed by atoms with Crippen LogP contribution in [-0.4, -0.2) is 0 Å². The summed E-state index contributed by atoms with van der Waals surface area (Å²) in [5.41, 5.74) is 0. The molecule has 2 heteroatoms. The van der Waals surface area contributed by atoms with Gasteiger partial charge in [0.2, 0.25) is 0 Å². The summed E-state index contributed by atoms with van der Waals surface area (Å²) in [5, 5.41) is 0. The first-order valence-corrected chi connectivity index (χ1v) is 2.12. The van der Waals surface area contributed by atoms with Crippen LogP contribution < -0.4 is 0 Å². The largest absolute Gasteiger partial charge is 0.207 e. The second kappa shape index (κ2) is 1.90. The highest BCUT2D eigenvalue weighted by molar-refractivity contribution is 5.03. The molecule has 0 saturated heterocycles. The highest BCUT2D eigenvalue weighted by Gasteiger charge is 1.89. The molecule has 0 bridgehead atoms. The fourth-order valence-electron chi connectivity index (χ4n) is 0.412. The molecule has 0 unspecified atom stereocenters. The van der Waals surface area contributed by atoms with Crippen molar-refractivity contribution in [1.29, 1.82) is 0 Å². The van der Waals surface area contributed by atoms with Crippen molar-refractivity contribution in [1.82, 2.24) is 0 Å². The fourth-order valence-corrected chi connectivity index (χ4v) is 0.412. The summed E-state index contributed by atoms with van der Waals surface area (Å²) in [4.78, 5) is 0. The van der Waals surface area contributed by atoms with Gasteiger partial charge in [-0.25, -0.2) is 8.78 Å². The van der Waals surface area contributed by atoms with Gasteiger partial charge in [0.25, 0.3) is 0 Å². The Kier molecular flexibility index (Phi) is 1.24. The maximum Gasteiger partial charge on any atom is 0.134 e. The summed E-state index contributed by atoms with van der Waals surface area (Å²) in [6, 6.07) is 5.28. The highest BCUT2D eigenvalue weighted by atomic mass is 19.1. The lowest BCUT2D eigenvalue weighted by atomic mass is 10.3. The Balaban J connectivity index is 3.08. The molecule has 0 spiro atoms. The van der Waals surface area contributed by atoms with E-state index in [-0.39, 0.29) is 0 Å². The molecule has 0 heterocycles. The first-order valence-electron chi connectivity index (χ1n) is 2.12.